The summed E-state index contributed by atoms with van der Waals surface area (Å²) in [6, 6.07) is 10.3. The van der Waals surface area contributed by atoms with Crippen molar-refractivity contribution >= 4 is 0 Å². The third-order valence-corrected chi connectivity index (χ3v) is 3.81. The van der Waals surface area contributed by atoms with Gasteiger partial charge in [0.25, 0.3) is 0 Å². The number of aromatic nitrogens is 2. The van der Waals surface area contributed by atoms with Gasteiger partial charge < -0.3 is 10.4 Å². The lowest BCUT2D eigenvalue weighted by Crippen LogP contribution is -2.29. The molecule has 0 unspecified atom stereocenters. The topological polar surface area (TPSA) is 50.1 Å². The average molecular weight is 257 g/mol. The molecule has 0 saturated carbocycles. The van der Waals surface area contributed by atoms with Crippen LogP contribution in [0.2, 0.25) is 0 Å². The number of benzene rings is 1. The molecule has 2 atom stereocenters. The highest BCUT2D eigenvalue weighted by molar-refractivity contribution is 5.36. The molecule has 2 aromatic rings. The highest BCUT2D eigenvalue weighted by Gasteiger charge is 2.30. The maximum Gasteiger partial charge on any atom is 0.0775 e. The monoisotopic (exact) mass is 257 g/mol. The van der Waals surface area contributed by atoms with E-state index in [0.717, 1.165) is 25.2 Å². The van der Waals surface area contributed by atoms with E-state index in [1.807, 2.05) is 29.1 Å². The highest BCUT2D eigenvalue weighted by Crippen LogP contribution is 2.31. The number of nitrogens with one attached hydrogen (secondary N) is 1. The molecule has 0 amide bonds. The van der Waals surface area contributed by atoms with Gasteiger partial charge in [0.2, 0.25) is 0 Å². The minimum absolute atomic E-state index is 0.0245. The Morgan fingerprint density at radius 3 is 3.05 bits per heavy atom. The molecule has 0 radical (unpaired) electrons. The van der Waals surface area contributed by atoms with Crippen molar-refractivity contribution in [2.24, 2.45) is 0 Å². The van der Waals surface area contributed by atoms with Crippen LogP contribution < -0.4 is 5.32 Å². The van der Waals surface area contributed by atoms with Gasteiger partial charge in [-0.05, 0) is 24.1 Å². The van der Waals surface area contributed by atoms with Crippen molar-refractivity contribution in [1.29, 1.82) is 0 Å². The largest absolute Gasteiger partial charge is 0.391 e. The van der Waals surface area contributed by atoms with E-state index in [4.69, 9.17) is 0 Å². The number of aliphatic hydroxyl groups is 1. The van der Waals surface area contributed by atoms with E-state index >= 15 is 0 Å². The fourth-order valence-electron chi connectivity index (χ4n) is 2.83. The van der Waals surface area contributed by atoms with Gasteiger partial charge in [0.05, 0.1) is 17.8 Å². The Kier molecular flexibility index (Phi) is 3.36. The minimum atomic E-state index is -0.338. The van der Waals surface area contributed by atoms with E-state index in [1.54, 1.807) is 0 Å². The van der Waals surface area contributed by atoms with Crippen LogP contribution in [0.4, 0.5) is 0 Å². The van der Waals surface area contributed by atoms with Gasteiger partial charge in [-0.25, -0.2) is 0 Å². The normalized spacial score (nSPS) is 21.6. The van der Waals surface area contributed by atoms with Crippen molar-refractivity contribution in [3.63, 3.8) is 0 Å². The number of hydrogen-bond donors (Lipinski definition) is 2. The smallest absolute Gasteiger partial charge is 0.0775 e. The highest BCUT2D eigenvalue weighted by atomic mass is 16.3. The van der Waals surface area contributed by atoms with Crippen molar-refractivity contribution in [1.82, 2.24) is 15.1 Å². The second kappa shape index (κ2) is 5.15. The van der Waals surface area contributed by atoms with Crippen LogP contribution in [-0.2, 0) is 19.5 Å². The molecule has 1 aliphatic carbocycles. The molecule has 1 heterocycles. The number of aryl methyl sites for hydroxylation is 1. The van der Waals surface area contributed by atoms with Gasteiger partial charge >= 0.3 is 0 Å². The quantitative estimate of drug-likeness (QED) is 0.875. The van der Waals surface area contributed by atoms with Crippen LogP contribution in [0.1, 0.15) is 29.8 Å². The van der Waals surface area contributed by atoms with Crippen LogP contribution in [0.3, 0.4) is 0 Å². The number of aliphatic hydroxyl groups excluding tert-OH is 1. The number of fused-ring (bicyclic) bond motifs is 1. The molecule has 19 heavy (non-hydrogen) atoms. The molecular weight excluding hydrogens is 238 g/mol. The third kappa shape index (κ3) is 2.29. The molecule has 0 fully saturated rings. The van der Waals surface area contributed by atoms with Gasteiger partial charge in [-0.1, -0.05) is 24.3 Å². The Morgan fingerprint density at radius 1 is 1.37 bits per heavy atom. The van der Waals surface area contributed by atoms with Crippen LogP contribution in [0.5, 0.6) is 0 Å². The first-order valence-electron chi connectivity index (χ1n) is 6.79. The van der Waals surface area contributed by atoms with Crippen LogP contribution in [0.15, 0.2) is 36.5 Å². The lowest BCUT2D eigenvalue weighted by molar-refractivity contribution is 0.140. The molecule has 0 spiro atoms. The van der Waals surface area contributed by atoms with E-state index in [1.165, 1.54) is 11.1 Å². The zero-order valence-electron chi connectivity index (χ0n) is 11.1. The molecule has 1 aromatic heterocycles. The van der Waals surface area contributed by atoms with Crippen LogP contribution in [0, 0.1) is 0 Å². The number of hydrogen-bond acceptors (Lipinski definition) is 3. The summed E-state index contributed by atoms with van der Waals surface area (Å²) >= 11 is 0. The summed E-state index contributed by atoms with van der Waals surface area (Å²) < 4.78 is 1.97. The second-order valence-corrected chi connectivity index (χ2v) is 4.97. The summed E-state index contributed by atoms with van der Waals surface area (Å²) in [6.07, 6.45) is 2.22. The molecule has 1 aromatic carbocycles. The van der Waals surface area contributed by atoms with Gasteiger partial charge in [0.1, 0.15) is 0 Å². The summed E-state index contributed by atoms with van der Waals surface area (Å²) in [4.78, 5) is 0. The Balaban J connectivity index is 1.74. The van der Waals surface area contributed by atoms with Gasteiger partial charge in [-0.15, -0.1) is 0 Å². The molecule has 0 bridgehead atoms. The van der Waals surface area contributed by atoms with Crippen molar-refractivity contribution in [2.45, 2.75) is 38.6 Å². The van der Waals surface area contributed by atoms with E-state index in [9.17, 15) is 5.11 Å². The van der Waals surface area contributed by atoms with Gasteiger partial charge in [-0.2, -0.15) is 5.10 Å². The number of rotatable bonds is 4. The van der Waals surface area contributed by atoms with E-state index in [2.05, 4.69) is 29.5 Å². The predicted octanol–water partition coefficient (Wildman–Crippen LogP) is 1.65. The van der Waals surface area contributed by atoms with E-state index < -0.39 is 0 Å². The maximum atomic E-state index is 10.2. The van der Waals surface area contributed by atoms with Crippen molar-refractivity contribution < 1.29 is 5.11 Å². The van der Waals surface area contributed by atoms with Gasteiger partial charge in [0, 0.05) is 25.7 Å². The van der Waals surface area contributed by atoms with Crippen LogP contribution in [0.25, 0.3) is 0 Å². The Bertz CT molecular complexity index is 564. The summed E-state index contributed by atoms with van der Waals surface area (Å²) in [5.74, 6) is 0. The zero-order valence-corrected chi connectivity index (χ0v) is 11.1. The fraction of sp³-hybridized carbons (Fsp3) is 0.400. The molecule has 3 rings (SSSR count). The number of nitrogens with zero attached hydrogens (tertiary/aromatic N) is 2. The Hall–Kier alpha value is -1.65. The van der Waals surface area contributed by atoms with Gasteiger partial charge in [0.15, 0.2) is 0 Å². The molecular formula is C15H19N3O. The standard InChI is InChI=1S/C15H19N3O/c1-2-18-12(7-8-17-18)10-16-15-13-6-4-3-5-11(13)9-14(15)19/h3-8,14-16,19H,2,9-10H2,1H3/t14-,15+/m0/s1. The third-order valence-electron chi connectivity index (χ3n) is 3.81. The second-order valence-electron chi connectivity index (χ2n) is 4.97. The van der Waals surface area contributed by atoms with E-state index in [-0.39, 0.29) is 12.1 Å². The molecule has 1 aliphatic rings. The molecule has 4 heteroatoms. The average Bonchev–Trinajstić information content (AvgIpc) is 2.99. The molecule has 4 nitrogen and oxygen atoms in total. The molecule has 0 aliphatic heterocycles. The summed E-state index contributed by atoms with van der Waals surface area (Å²) in [6.45, 7) is 3.67. The summed E-state index contributed by atoms with van der Waals surface area (Å²) in [7, 11) is 0. The Morgan fingerprint density at radius 2 is 2.21 bits per heavy atom. The lowest BCUT2D eigenvalue weighted by atomic mass is 10.1. The van der Waals surface area contributed by atoms with Crippen LogP contribution >= 0.6 is 0 Å². The Labute approximate surface area is 113 Å². The SMILES string of the molecule is CCn1nccc1CN[C@@H]1c2ccccc2C[C@@H]1O. The maximum absolute atomic E-state index is 10.2. The lowest BCUT2D eigenvalue weighted by Gasteiger charge is -2.18. The first-order chi connectivity index (χ1) is 9.29. The molecule has 2 N–H and O–H groups in total. The predicted molar refractivity (Wildman–Crippen MR) is 73.6 cm³/mol. The summed E-state index contributed by atoms with van der Waals surface area (Å²) in [5, 5.41) is 17.9. The minimum Gasteiger partial charge on any atom is -0.391 e. The fourth-order valence-corrected chi connectivity index (χ4v) is 2.83. The summed E-state index contributed by atoms with van der Waals surface area (Å²) in [5.41, 5.74) is 3.62. The first-order valence-corrected chi connectivity index (χ1v) is 6.79. The van der Waals surface area contributed by atoms with Crippen molar-refractivity contribution in [2.75, 3.05) is 0 Å². The van der Waals surface area contributed by atoms with Gasteiger partial charge in [-0.3, -0.25) is 4.68 Å². The van der Waals surface area contributed by atoms with E-state index in [0.29, 0.717) is 0 Å². The van der Waals surface area contributed by atoms with Crippen LogP contribution in [-0.4, -0.2) is 21.0 Å². The molecule has 0 saturated heterocycles. The molecule has 100 valence electrons. The van der Waals surface area contributed by atoms with Crippen molar-refractivity contribution in [3.8, 4) is 0 Å². The van der Waals surface area contributed by atoms with Crippen molar-refractivity contribution in [3.05, 3.63) is 53.3 Å². The first kappa shape index (κ1) is 12.4. The zero-order chi connectivity index (χ0) is 13.2.